The van der Waals surface area contributed by atoms with Crippen molar-refractivity contribution in [1.29, 1.82) is 0 Å². The van der Waals surface area contributed by atoms with Gasteiger partial charge >= 0.3 is 6.18 Å². The molecule has 1 amide bonds. The molecule has 0 bridgehead atoms. The van der Waals surface area contributed by atoms with E-state index in [9.17, 15) is 23.1 Å². The van der Waals surface area contributed by atoms with E-state index in [2.05, 4.69) is 20.6 Å². The summed E-state index contributed by atoms with van der Waals surface area (Å²) in [7, 11) is 1.67. The van der Waals surface area contributed by atoms with Gasteiger partial charge < -0.3 is 19.7 Å². The number of aryl methyl sites for hydroxylation is 1. The fourth-order valence-corrected chi connectivity index (χ4v) is 3.21. The van der Waals surface area contributed by atoms with Gasteiger partial charge in [0.25, 0.3) is 5.89 Å². The van der Waals surface area contributed by atoms with Crippen LogP contribution in [0.1, 0.15) is 23.8 Å². The van der Waals surface area contributed by atoms with Crippen LogP contribution in [0.5, 0.6) is 0 Å². The van der Waals surface area contributed by atoms with Gasteiger partial charge in [0.1, 0.15) is 18.2 Å². The minimum absolute atomic E-state index is 0.114. The first kappa shape index (κ1) is 19.9. The van der Waals surface area contributed by atoms with Gasteiger partial charge in [-0.1, -0.05) is 0 Å². The highest BCUT2D eigenvalue weighted by molar-refractivity contribution is 5.84. The maximum Gasteiger partial charge on any atom is 0.416 e. The number of carbonyl (C=O) groups excluding carboxylic acids is 1. The Bertz CT molecular complexity index is 1060. The molecule has 9 nitrogen and oxygen atoms in total. The van der Waals surface area contributed by atoms with Crippen molar-refractivity contribution in [1.82, 2.24) is 24.9 Å². The third kappa shape index (κ3) is 3.73. The van der Waals surface area contributed by atoms with Gasteiger partial charge in [0.2, 0.25) is 11.8 Å². The number of anilines is 2. The third-order valence-electron chi connectivity index (χ3n) is 4.74. The second-order valence-electron chi connectivity index (χ2n) is 6.79. The number of carbonyl (C=O) groups is 1. The van der Waals surface area contributed by atoms with Gasteiger partial charge in [0.05, 0.1) is 5.56 Å². The molecule has 12 heteroatoms. The van der Waals surface area contributed by atoms with Gasteiger partial charge in [-0.15, -0.1) is 10.2 Å². The maximum atomic E-state index is 12.7. The van der Waals surface area contributed by atoms with Crippen molar-refractivity contribution in [3.05, 3.63) is 41.9 Å². The highest BCUT2D eigenvalue weighted by Crippen LogP contribution is 2.34. The number of aromatic nitrogens is 4. The number of hydrogen-bond acceptors (Lipinski definition) is 7. The van der Waals surface area contributed by atoms with E-state index in [1.54, 1.807) is 13.2 Å². The molecule has 1 fully saturated rings. The van der Waals surface area contributed by atoms with Gasteiger partial charge in [-0.2, -0.15) is 18.3 Å². The van der Waals surface area contributed by atoms with Crippen LogP contribution >= 0.6 is 0 Å². The van der Waals surface area contributed by atoms with Crippen LogP contribution in [-0.4, -0.2) is 49.2 Å². The second kappa shape index (κ2) is 7.44. The Balaban J connectivity index is 1.57. The molecule has 3 aromatic rings. The average Bonchev–Trinajstić information content (AvgIpc) is 3.40. The summed E-state index contributed by atoms with van der Waals surface area (Å²) in [6.45, 7) is 0.0193. The SMILES string of the molecule is Cn1cc(-c2nnc(C3CCN(CO)C3=O)o2)c(Nc2ccc(C(F)(F)F)cc2)n1. The Labute approximate surface area is 168 Å². The molecular weight excluding hydrogens is 405 g/mol. The number of likely N-dealkylation sites (tertiary alicyclic amines) is 1. The van der Waals surface area contributed by atoms with Gasteiger partial charge in [-0.3, -0.25) is 9.48 Å². The van der Waals surface area contributed by atoms with E-state index >= 15 is 0 Å². The van der Waals surface area contributed by atoms with Crippen LogP contribution in [0, 0.1) is 0 Å². The Kier molecular flexibility index (Phi) is 4.94. The van der Waals surface area contributed by atoms with Crippen LogP contribution in [0.25, 0.3) is 11.5 Å². The van der Waals surface area contributed by atoms with Crippen molar-refractivity contribution in [3.8, 4) is 11.5 Å². The standard InChI is InChI=1S/C18H17F3N6O3/c1-26-8-13(14(25-26)22-11-4-2-10(3-5-11)18(19,20)21)16-24-23-15(30-16)12-6-7-27(9-28)17(12)29/h2-5,8,12,28H,6-7,9H2,1H3,(H,22,25). The number of aliphatic hydroxyl groups is 1. The van der Waals surface area contributed by atoms with Crippen molar-refractivity contribution in [2.45, 2.75) is 18.5 Å². The van der Waals surface area contributed by atoms with Crippen LogP contribution < -0.4 is 5.32 Å². The van der Waals surface area contributed by atoms with Crippen molar-refractivity contribution < 1.29 is 27.5 Å². The zero-order valence-corrected chi connectivity index (χ0v) is 15.7. The number of halogens is 3. The topological polar surface area (TPSA) is 109 Å². The summed E-state index contributed by atoms with van der Waals surface area (Å²) < 4.78 is 45.4. The molecule has 0 saturated carbocycles. The summed E-state index contributed by atoms with van der Waals surface area (Å²) in [5.74, 6) is -0.358. The molecule has 2 aromatic heterocycles. The molecule has 4 rings (SSSR count). The van der Waals surface area contributed by atoms with Crippen LogP contribution in [-0.2, 0) is 18.0 Å². The molecule has 1 unspecified atom stereocenters. The van der Waals surface area contributed by atoms with Crippen molar-refractivity contribution in [2.24, 2.45) is 7.05 Å². The lowest BCUT2D eigenvalue weighted by Crippen LogP contribution is -2.27. The number of benzene rings is 1. The normalized spacial score (nSPS) is 17.0. The number of alkyl halides is 3. The van der Waals surface area contributed by atoms with Crippen LogP contribution in [0.4, 0.5) is 24.7 Å². The first-order valence-electron chi connectivity index (χ1n) is 8.97. The first-order chi connectivity index (χ1) is 14.3. The number of hydrogen-bond donors (Lipinski definition) is 2. The number of rotatable bonds is 5. The Hall–Kier alpha value is -3.41. The fourth-order valence-electron chi connectivity index (χ4n) is 3.21. The molecule has 2 N–H and O–H groups in total. The zero-order chi connectivity index (χ0) is 21.5. The highest BCUT2D eigenvalue weighted by atomic mass is 19.4. The molecule has 1 aromatic carbocycles. The van der Waals surface area contributed by atoms with E-state index in [0.717, 1.165) is 12.1 Å². The van der Waals surface area contributed by atoms with Gasteiger partial charge in [0, 0.05) is 25.5 Å². The monoisotopic (exact) mass is 422 g/mol. The van der Waals surface area contributed by atoms with Crippen molar-refractivity contribution in [2.75, 3.05) is 18.6 Å². The van der Waals surface area contributed by atoms with Gasteiger partial charge in [-0.25, -0.2) is 0 Å². The third-order valence-corrected chi connectivity index (χ3v) is 4.74. The van der Waals surface area contributed by atoms with E-state index in [4.69, 9.17) is 4.42 Å². The molecule has 1 aliphatic heterocycles. The average molecular weight is 422 g/mol. The van der Waals surface area contributed by atoms with Crippen molar-refractivity contribution >= 4 is 17.4 Å². The molecule has 3 heterocycles. The summed E-state index contributed by atoms with van der Waals surface area (Å²) >= 11 is 0. The second-order valence-corrected chi connectivity index (χ2v) is 6.79. The van der Waals surface area contributed by atoms with E-state index in [0.29, 0.717) is 30.0 Å². The number of nitrogens with zero attached hydrogens (tertiary/aromatic N) is 5. The lowest BCUT2D eigenvalue weighted by molar-refractivity contribution is -0.137. The Morgan fingerprint density at radius 3 is 2.63 bits per heavy atom. The summed E-state index contributed by atoms with van der Waals surface area (Å²) in [6, 6.07) is 4.52. The van der Waals surface area contributed by atoms with E-state index in [1.165, 1.54) is 21.7 Å². The first-order valence-corrected chi connectivity index (χ1v) is 8.97. The minimum Gasteiger partial charge on any atom is -0.420 e. The number of amides is 1. The highest BCUT2D eigenvalue weighted by Gasteiger charge is 2.36. The molecule has 1 saturated heterocycles. The summed E-state index contributed by atoms with van der Waals surface area (Å²) in [4.78, 5) is 13.5. The zero-order valence-electron chi connectivity index (χ0n) is 15.7. The molecule has 0 aliphatic carbocycles. The fraction of sp³-hybridized carbons (Fsp3) is 0.333. The largest absolute Gasteiger partial charge is 0.420 e. The molecular formula is C18H17F3N6O3. The molecule has 0 spiro atoms. The summed E-state index contributed by atoms with van der Waals surface area (Å²) in [5, 5.41) is 24.3. The van der Waals surface area contributed by atoms with Crippen molar-refractivity contribution in [3.63, 3.8) is 0 Å². The lowest BCUT2D eigenvalue weighted by Gasteiger charge is -2.10. The van der Waals surface area contributed by atoms with Gasteiger partial charge in [0.15, 0.2) is 5.82 Å². The van der Waals surface area contributed by atoms with E-state index < -0.39 is 17.7 Å². The Morgan fingerprint density at radius 2 is 2.00 bits per heavy atom. The molecule has 1 aliphatic rings. The van der Waals surface area contributed by atoms with E-state index in [1.807, 2.05) is 0 Å². The van der Waals surface area contributed by atoms with Crippen LogP contribution in [0.2, 0.25) is 0 Å². The Morgan fingerprint density at radius 1 is 1.27 bits per heavy atom. The predicted molar refractivity (Wildman–Crippen MR) is 97.4 cm³/mol. The minimum atomic E-state index is -4.42. The number of nitrogens with one attached hydrogen (secondary N) is 1. The lowest BCUT2D eigenvalue weighted by atomic mass is 10.1. The quantitative estimate of drug-likeness (QED) is 0.650. The maximum absolute atomic E-state index is 12.7. The summed E-state index contributed by atoms with van der Waals surface area (Å²) in [6.07, 6.45) is -2.36. The van der Waals surface area contributed by atoms with E-state index in [-0.39, 0.29) is 24.4 Å². The molecule has 30 heavy (non-hydrogen) atoms. The van der Waals surface area contributed by atoms with Gasteiger partial charge in [-0.05, 0) is 30.7 Å². The van der Waals surface area contributed by atoms with Crippen LogP contribution in [0.15, 0.2) is 34.9 Å². The summed E-state index contributed by atoms with van der Waals surface area (Å²) in [5.41, 5.74) is 0.0712. The predicted octanol–water partition coefficient (Wildman–Crippen LogP) is 2.50. The molecule has 1 atom stereocenters. The smallest absolute Gasteiger partial charge is 0.416 e. The molecule has 0 radical (unpaired) electrons. The van der Waals surface area contributed by atoms with Crippen LogP contribution in [0.3, 0.4) is 0 Å². The number of aliphatic hydroxyl groups excluding tert-OH is 1. The molecule has 158 valence electrons.